The molecule has 0 aromatic heterocycles. The highest BCUT2D eigenvalue weighted by Gasteiger charge is 2.30. The number of methoxy groups -OCH3 is 1. The molecule has 0 aromatic carbocycles. The van der Waals surface area contributed by atoms with Gasteiger partial charge in [-0.05, 0) is 37.0 Å². The normalized spacial score (nSPS) is 23.0. The third kappa shape index (κ3) is 5.80. The molecule has 0 heterocycles. The van der Waals surface area contributed by atoms with Gasteiger partial charge in [-0.2, -0.15) is 0 Å². The van der Waals surface area contributed by atoms with Gasteiger partial charge in [0.25, 0.3) is 0 Å². The lowest BCUT2D eigenvalue weighted by Crippen LogP contribution is -2.31. The average Bonchev–Trinajstić information content (AvgIpc) is 2.38. The summed E-state index contributed by atoms with van der Waals surface area (Å²) in [5.41, 5.74) is 0.333. The first-order valence-corrected chi connectivity index (χ1v) is 7.34. The number of ether oxygens (including phenoxy) is 2. The van der Waals surface area contributed by atoms with Gasteiger partial charge >= 0.3 is 12.1 Å². The monoisotopic (exact) mass is 285 g/mol. The van der Waals surface area contributed by atoms with Crippen molar-refractivity contribution >= 4 is 12.1 Å². The average molecular weight is 285 g/mol. The molecule has 0 atom stereocenters. The van der Waals surface area contributed by atoms with E-state index in [9.17, 15) is 9.59 Å². The molecule has 1 rings (SSSR count). The summed E-state index contributed by atoms with van der Waals surface area (Å²) in [5, 5.41) is 2.47. The van der Waals surface area contributed by atoms with E-state index in [0.29, 0.717) is 11.3 Å². The van der Waals surface area contributed by atoms with E-state index in [1.165, 1.54) is 7.11 Å². The summed E-state index contributed by atoms with van der Waals surface area (Å²) in [6.45, 7) is 7.05. The molecule has 0 aromatic rings. The smallest absolute Gasteiger partial charge is 0.406 e. The van der Waals surface area contributed by atoms with Crippen molar-refractivity contribution in [1.82, 2.24) is 5.32 Å². The molecule has 0 spiro atoms. The lowest BCUT2D eigenvalue weighted by atomic mass is 9.72. The molecule has 0 saturated heterocycles. The van der Waals surface area contributed by atoms with Crippen LogP contribution in [0.4, 0.5) is 4.79 Å². The minimum atomic E-state index is -0.525. The van der Waals surface area contributed by atoms with E-state index in [2.05, 4.69) is 30.8 Å². The summed E-state index contributed by atoms with van der Waals surface area (Å²) in [6.07, 6.45) is 3.82. The molecule has 20 heavy (non-hydrogen) atoms. The largest absolute Gasteiger partial charge is 0.462 e. The maximum absolute atomic E-state index is 11.6. The summed E-state index contributed by atoms with van der Waals surface area (Å²) in [4.78, 5) is 22.5. The van der Waals surface area contributed by atoms with Gasteiger partial charge in [0.05, 0.1) is 13.5 Å². The molecule has 1 aliphatic rings. The van der Waals surface area contributed by atoms with Crippen molar-refractivity contribution < 1.29 is 19.1 Å². The van der Waals surface area contributed by atoms with Crippen LogP contribution in [0.5, 0.6) is 0 Å². The van der Waals surface area contributed by atoms with Gasteiger partial charge in [0.2, 0.25) is 0 Å². The molecule has 116 valence electrons. The van der Waals surface area contributed by atoms with Crippen LogP contribution < -0.4 is 5.32 Å². The van der Waals surface area contributed by atoms with Crippen LogP contribution in [0.3, 0.4) is 0 Å². The number of hydrogen-bond donors (Lipinski definition) is 1. The molecule has 1 amide bonds. The van der Waals surface area contributed by atoms with Gasteiger partial charge in [0, 0.05) is 6.54 Å². The zero-order valence-corrected chi connectivity index (χ0v) is 13.0. The first-order chi connectivity index (χ1) is 9.32. The topological polar surface area (TPSA) is 64.6 Å². The van der Waals surface area contributed by atoms with Crippen molar-refractivity contribution in [3.8, 4) is 0 Å². The first-order valence-electron chi connectivity index (χ1n) is 7.34. The standard InChI is InChI=1S/C15H27NO4/c1-15(2,3)11-5-7-12(8-6-11)20-13(17)9-10-16-14(18)19-4/h11-12H,5-10H2,1-4H3,(H,16,18). The van der Waals surface area contributed by atoms with E-state index in [1.54, 1.807) is 0 Å². The number of nitrogens with one attached hydrogen (secondary N) is 1. The molecule has 1 fully saturated rings. The fourth-order valence-electron chi connectivity index (χ4n) is 2.63. The fourth-order valence-corrected chi connectivity index (χ4v) is 2.63. The number of carbonyl (C=O) groups is 2. The van der Waals surface area contributed by atoms with Gasteiger partial charge in [0.15, 0.2) is 0 Å². The number of hydrogen-bond acceptors (Lipinski definition) is 4. The van der Waals surface area contributed by atoms with Crippen LogP contribution in [0.1, 0.15) is 52.9 Å². The number of carbonyl (C=O) groups excluding carboxylic acids is 2. The zero-order valence-electron chi connectivity index (χ0n) is 13.0. The Morgan fingerprint density at radius 2 is 1.75 bits per heavy atom. The lowest BCUT2D eigenvalue weighted by Gasteiger charge is -2.36. The molecule has 5 nitrogen and oxygen atoms in total. The molecule has 0 bridgehead atoms. The third-order valence-corrected chi connectivity index (χ3v) is 3.98. The predicted octanol–water partition coefficient (Wildman–Crippen LogP) is 2.88. The summed E-state index contributed by atoms with van der Waals surface area (Å²) < 4.78 is 9.86. The summed E-state index contributed by atoms with van der Waals surface area (Å²) in [5.74, 6) is 0.457. The van der Waals surface area contributed by atoms with Crippen molar-refractivity contribution in [1.29, 1.82) is 0 Å². The Kier molecular flexibility index (Phi) is 6.30. The minimum absolute atomic E-state index is 0.0410. The second-order valence-electron chi connectivity index (χ2n) is 6.50. The fraction of sp³-hybridized carbons (Fsp3) is 0.867. The SMILES string of the molecule is COC(=O)NCCC(=O)OC1CCC(C(C)(C)C)CC1. The van der Waals surface area contributed by atoms with E-state index in [0.717, 1.165) is 25.7 Å². The predicted molar refractivity (Wildman–Crippen MR) is 76.3 cm³/mol. The summed E-state index contributed by atoms with van der Waals surface area (Å²) in [6, 6.07) is 0. The van der Waals surface area contributed by atoms with Crippen molar-refractivity contribution in [2.75, 3.05) is 13.7 Å². The quantitative estimate of drug-likeness (QED) is 0.807. The molecule has 0 aliphatic heterocycles. The van der Waals surface area contributed by atoms with Crippen LogP contribution in [-0.4, -0.2) is 31.8 Å². The first kappa shape index (κ1) is 16.8. The van der Waals surface area contributed by atoms with E-state index in [1.807, 2.05) is 0 Å². The van der Waals surface area contributed by atoms with Gasteiger partial charge < -0.3 is 14.8 Å². The molecule has 1 N–H and O–H groups in total. The van der Waals surface area contributed by atoms with Crippen molar-refractivity contribution in [3.63, 3.8) is 0 Å². The molecule has 0 unspecified atom stereocenters. The second kappa shape index (κ2) is 7.50. The van der Waals surface area contributed by atoms with E-state index in [-0.39, 0.29) is 25.0 Å². The number of rotatable bonds is 4. The number of amides is 1. The van der Waals surface area contributed by atoms with Crippen molar-refractivity contribution in [3.05, 3.63) is 0 Å². The Labute approximate surface area is 121 Å². The van der Waals surface area contributed by atoms with E-state index >= 15 is 0 Å². The Bertz CT molecular complexity index is 327. The number of alkyl carbamates (subject to hydrolysis) is 1. The van der Waals surface area contributed by atoms with Crippen LogP contribution in [0.15, 0.2) is 0 Å². The van der Waals surface area contributed by atoms with Crippen LogP contribution in [0.2, 0.25) is 0 Å². The van der Waals surface area contributed by atoms with Gasteiger partial charge in [-0.1, -0.05) is 20.8 Å². The molecular weight excluding hydrogens is 258 g/mol. The highest BCUT2D eigenvalue weighted by atomic mass is 16.5. The van der Waals surface area contributed by atoms with Gasteiger partial charge in [-0.25, -0.2) is 4.79 Å². The molecular formula is C15H27NO4. The molecule has 1 saturated carbocycles. The maximum Gasteiger partial charge on any atom is 0.406 e. The van der Waals surface area contributed by atoms with Crippen LogP contribution in [0.25, 0.3) is 0 Å². The van der Waals surface area contributed by atoms with Crippen molar-refractivity contribution in [2.24, 2.45) is 11.3 Å². The Morgan fingerprint density at radius 3 is 2.25 bits per heavy atom. The lowest BCUT2D eigenvalue weighted by molar-refractivity contribution is -0.151. The van der Waals surface area contributed by atoms with Gasteiger partial charge in [-0.3, -0.25) is 4.79 Å². The second-order valence-corrected chi connectivity index (χ2v) is 6.50. The van der Waals surface area contributed by atoms with Crippen LogP contribution in [0, 0.1) is 11.3 Å². The number of esters is 1. The maximum atomic E-state index is 11.6. The molecule has 0 radical (unpaired) electrons. The Morgan fingerprint density at radius 1 is 1.15 bits per heavy atom. The molecule has 5 heteroatoms. The molecule has 1 aliphatic carbocycles. The third-order valence-electron chi connectivity index (χ3n) is 3.98. The van der Waals surface area contributed by atoms with E-state index < -0.39 is 6.09 Å². The minimum Gasteiger partial charge on any atom is -0.462 e. The van der Waals surface area contributed by atoms with Gasteiger partial charge in [-0.15, -0.1) is 0 Å². The zero-order chi connectivity index (χ0) is 15.2. The highest BCUT2D eigenvalue weighted by molar-refractivity contribution is 5.71. The van der Waals surface area contributed by atoms with Crippen molar-refractivity contribution in [2.45, 2.75) is 59.0 Å². The van der Waals surface area contributed by atoms with Crippen LogP contribution in [-0.2, 0) is 14.3 Å². The van der Waals surface area contributed by atoms with E-state index in [4.69, 9.17) is 4.74 Å². The Hall–Kier alpha value is -1.26. The van der Waals surface area contributed by atoms with Gasteiger partial charge in [0.1, 0.15) is 6.10 Å². The highest BCUT2D eigenvalue weighted by Crippen LogP contribution is 2.38. The van der Waals surface area contributed by atoms with Crippen LogP contribution >= 0.6 is 0 Å². The summed E-state index contributed by atoms with van der Waals surface area (Å²) >= 11 is 0. The summed E-state index contributed by atoms with van der Waals surface area (Å²) in [7, 11) is 1.29. The Balaban J connectivity index is 2.20.